The van der Waals surface area contributed by atoms with Crippen LogP contribution in [0.1, 0.15) is 60.4 Å². The Morgan fingerprint density at radius 1 is 1.30 bits per heavy atom. The Kier molecular flexibility index (Phi) is 5.63. The van der Waals surface area contributed by atoms with Crippen LogP contribution in [0.3, 0.4) is 0 Å². The number of hydrogen-bond donors (Lipinski definition) is 2. The summed E-state index contributed by atoms with van der Waals surface area (Å²) in [6.45, 7) is 4.67. The number of fused-ring (bicyclic) bond motifs is 1. The van der Waals surface area contributed by atoms with E-state index in [1.165, 1.54) is 11.3 Å². The van der Waals surface area contributed by atoms with E-state index in [0.29, 0.717) is 18.2 Å². The summed E-state index contributed by atoms with van der Waals surface area (Å²) >= 11 is 0. The maximum absolute atomic E-state index is 13.0. The van der Waals surface area contributed by atoms with Gasteiger partial charge in [-0.2, -0.15) is 5.10 Å². The van der Waals surface area contributed by atoms with Gasteiger partial charge in [0.1, 0.15) is 0 Å². The van der Waals surface area contributed by atoms with Gasteiger partial charge in [-0.15, -0.1) is 12.4 Å². The predicted molar refractivity (Wildman–Crippen MR) is 110 cm³/mol. The molecule has 0 radical (unpaired) electrons. The number of aryl methyl sites for hydroxylation is 1. The van der Waals surface area contributed by atoms with Crippen molar-refractivity contribution in [3.05, 3.63) is 46.8 Å². The maximum atomic E-state index is 13.0. The Morgan fingerprint density at radius 3 is 2.59 bits per heavy atom. The average molecular weight is 389 g/mol. The zero-order valence-corrected chi connectivity index (χ0v) is 16.9. The minimum atomic E-state index is -0.324. The Labute approximate surface area is 167 Å². The molecule has 0 spiro atoms. The topological polar surface area (TPSA) is 72.9 Å². The maximum Gasteiger partial charge on any atom is 0.272 e. The molecule has 3 N–H and O–H groups in total. The van der Waals surface area contributed by atoms with Crippen LogP contribution in [0.2, 0.25) is 0 Å². The number of aromatic nitrogens is 2. The van der Waals surface area contributed by atoms with E-state index in [1.54, 1.807) is 0 Å². The van der Waals surface area contributed by atoms with Gasteiger partial charge in [0.2, 0.25) is 0 Å². The molecule has 1 aromatic heterocycles. The summed E-state index contributed by atoms with van der Waals surface area (Å²) in [4.78, 5) is 13.0. The molecule has 0 saturated heterocycles. The number of carbonyl (C=O) groups is 1. The molecule has 2 aliphatic rings. The molecule has 146 valence electrons. The van der Waals surface area contributed by atoms with Crippen molar-refractivity contribution >= 4 is 18.3 Å². The molecule has 1 fully saturated rings. The molecule has 1 saturated carbocycles. The Hall–Kier alpha value is -1.85. The van der Waals surface area contributed by atoms with Crippen LogP contribution < -0.4 is 11.1 Å². The molecule has 2 aromatic rings. The second kappa shape index (κ2) is 7.64. The van der Waals surface area contributed by atoms with Crippen molar-refractivity contribution in [2.75, 3.05) is 6.54 Å². The number of carbonyl (C=O) groups excluding carboxylic acids is 1. The SMILES string of the molecule is CCc1ccc(-n2nc(C(=O)NC(C)(CN)C3CC3)c3c2CCC3)cc1.Cl. The highest BCUT2D eigenvalue weighted by molar-refractivity contribution is 5.95. The molecule has 1 heterocycles. The molecule has 5 nitrogen and oxygen atoms in total. The van der Waals surface area contributed by atoms with E-state index < -0.39 is 0 Å². The standard InChI is InChI=1S/C21H28N4O.ClH/c1-3-14-7-11-16(12-8-14)25-18-6-4-5-17(18)19(24-25)20(26)23-21(2,13-22)15-9-10-15;/h7-8,11-12,15H,3-6,9-10,13,22H2,1-2H3,(H,23,26);1H. The molecule has 6 heteroatoms. The van der Waals surface area contributed by atoms with E-state index in [9.17, 15) is 4.79 Å². The monoisotopic (exact) mass is 388 g/mol. The largest absolute Gasteiger partial charge is 0.344 e. The third-order valence-corrected chi connectivity index (χ3v) is 6.04. The Balaban J connectivity index is 0.00000210. The first-order valence-corrected chi connectivity index (χ1v) is 9.78. The lowest BCUT2D eigenvalue weighted by Gasteiger charge is -2.29. The van der Waals surface area contributed by atoms with Crippen molar-refractivity contribution in [1.29, 1.82) is 0 Å². The lowest BCUT2D eigenvalue weighted by molar-refractivity contribution is 0.0891. The van der Waals surface area contributed by atoms with E-state index in [0.717, 1.165) is 49.8 Å². The molecular weight excluding hydrogens is 360 g/mol. The van der Waals surface area contributed by atoms with Crippen LogP contribution in [-0.2, 0) is 19.3 Å². The highest BCUT2D eigenvalue weighted by Gasteiger charge is 2.42. The zero-order valence-electron chi connectivity index (χ0n) is 16.1. The van der Waals surface area contributed by atoms with Crippen molar-refractivity contribution in [3.8, 4) is 5.69 Å². The van der Waals surface area contributed by atoms with Gasteiger partial charge in [-0.1, -0.05) is 19.1 Å². The van der Waals surface area contributed by atoms with Crippen LogP contribution in [0, 0.1) is 5.92 Å². The van der Waals surface area contributed by atoms with Gasteiger partial charge in [-0.3, -0.25) is 4.79 Å². The van der Waals surface area contributed by atoms with Gasteiger partial charge in [0.05, 0.1) is 11.2 Å². The minimum absolute atomic E-state index is 0. The first-order chi connectivity index (χ1) is 12.6. The lowest BCUT2D eigenvalue weighted by Crippen LogP contribution is -2.53. The summed E-state index contributed by atoms with van der Waals surface area (Å²) in [7, 11) is 0. The van der Waals surface area contributed by atoms with Gasteiger partial charge in [0.25, 0.3) is 5.91 Å². The molecule has 0 aliphatic heterocycles. The fraction of sp³-hybridized carbons (Fsp3) is 0.524. The average Bonchev–Trinajstić information content (AvgIpc) is 3.31. The molecule has 1 atom stereocenters. The highest BCUT2D eigenvalue weighted by Crippen LogP contribution is 2.39. The predicted octanol–water partition coefficient (Wildman–Crippen LogP) is 3.20. The highest BCUT2D eigenvalue weighted by atomic mass is 35.5. The number of hydrogen-bond acceptors (Lipinski definition) is 3. The van der Waals surface area contributed by atoms with Crippen molar-refractivity contribution in [2.45, 2.75) is 57.9 Å². The second-order valence-corrected chi connectivity index (χ2v) is 7.91. The quantitative estimate of drug-likeness (QED) is 0.798. The molecule has 0 bridgehead atoms. The molecule has 1 unspecified atom stereocenters. The van der Waals surface area contributed by atoms with E-state index in [1.807, 2.05) is 4.68 Å². The number of nitrogens with two attached hydrogens (primary N) is 1. The molecule has 4 rings (SSSR count). The molecular formula is C21H29ClN4O. The third kappa shape index (κ3) is 3.63. The van der Waals surface area contributed by atoms with Crippen LogP contribution in [0.15, 0.2) is 24.3 Å². The molecule has 27 heavy (non-hydrogen) atoms. The fourth-order valence-corrected chi connectivity index (χ4v) is 4.06. The first kappa shape index (κ1) is 19.9. The van der Waals surface area contributed by atoms with Crippen molar-refractivity contribution in [2.24, 2.45) is 11.7 Å². The number of nitrogens with one attached hydrogen (secondary N) is 1. The van der Waals surface area contributed by atoms with E-state index in [4.69, 9.17) is 10.8 Å². The zero-order chi connectivity index (χ0) is 18.3. The summed E-state index contributed by atoms with van der Waals surface area (Å²) in [5, 5.41) is 7.91. The summed E-state index contributed by atoms with van der Waals surface area (Å²) in [6.07, 6.45) is 6.28. The number of benzene rings is 1. The van der Waals surface area contributed by atoms with Crippen molar-refractivity contribution in [3.63, 3.8) is 0 Å². The van der Waals surface area contributed by atoms with Crippen LogP contribution in [-0.4, -0.2) is 27.8 Å². The minimum Gasteiger partial charge on any atom is -0.344 e. The summed E-state index contributed by atoms with van der Waals surface area (Å²) in [6, 6.07) is 8.47. The Bertz CT molecular complexity index is 825. The van der Waals surface area contributed by atoms with E-state index >= 15 is 0 Å². The van der Waals surface area contributed by atoms with Gasteiger partial charge >= 0.3 is 0 Å². The normalized spacial score (nSPS) is 17.7. The van der Waals surface area contributed by atoms with Crippen LogP contribution in [0.5, 0.6) is 0 Å². The number of halogens is 1. The number of rotatable bonds is 6. The van der Waals surface area contributed by atoms with E-state index in [-0.39, 0.29) is 23.9 Å². The van der Waals surface area contributed by atoms with Crippen LogP contribution in [0.4, 0.5) is 0 Å². The van der Waals surface area contributed by atoms with Crippen molar-refractivity contribution in [1.82, 2.24) is 15.1 Å². The molecule has 1 aromatic carbocycles. The number of nitrogens with zero attached hydrogens (tertiary/aromatic N) is 2. The summed E-state index contributed by atoms with van der Waals surface area (Å²) < 4.78 is 1.97. The summed E-state index contributed by atoms with van der Waals surface area (Å²) in [5.41, 5.74) is 10.9. The second-order valence-electron chi connectivity index (χ2n) is 7.91. The van der Waals surface area contributed by atoms with Gasteiger partial charge in [0.15, 0.2) is 5.69 Å². The lowest BCUT2D eigenvalue weighted by atomic mass is 9.95. The molecule has 1 amide bonds. The van der Waals surface area contributed by atoms with Gasteiger partial charge in [-0.25, -0.2) is 4.68 Å². The van der Waals surface area contributed by atoms with Crippen LogP contribution >= 0.6 is 12.4 Å². The van der Waals surface area contributed by atoms with E-state index in [2.05, 4.69) is 43.4 Å². The Morgan fingerprint density at radius 2 is 2.00 bits per heavy atom. The smallest absolute Gasteiger partial charge is 0.272 e. The van der Waals surface area contributed by atoms with Gasteiger partial charge in [0, 0.05) is 17.8 Å². The van der Waals surface area contributed by atoms with Crippen molar-refractivity contribution < 1.29 is 4.79 Å². The number of amides is 1. The first-order valence-electron chi connectivity index (χ1n) is 9.78. The molecule has 2 aliphatic carbocycles. The van der Waals surface area contributed by atoms with Gasteiger partial charge < -0.3 is 11.1 Å². The van der Waals surface area contributed by atoms with Crippen LogP contribution in [0.25, 0.3) is 5.69 Å². The summed E-state index contributed by atoms with van der Waals surface area (Å²) in [5.74, 6) is 0.417. The van der Waals surface area contributed by atoms with Gasteiger partial charge in [-0.05, 0) is 69.1 Å². The third-order valence-electron chi connectivity index (χ3n) is 6.04. The fourth-order valence-electron chi connectivity index (χ4n) is 4.06.